The van der Waals surface area contributed by atoms with Gasteiger partial charge in [0.1, 0.15) is 0 Å². The molecule has 0 bridgehead atoms. The van der Waals surface area contributed by atoms with Crippen LogP contribution in [0.4, 0.5) is 0 Å². The van der Waals surface area contributed by atoms with Gasteiger partial charge in [-0.3, -0.25) is 9.36 Å². The van der Waals surface area contributed by atoms with Gasteiger partial charge in [0.15, 0.2) is 5.88 Å². The summed E-state index contributed by atoms with van der Waals surface area (Å²) in [6, 6.07) is 16.2. The molecule has 0 saturated carbocycles. The second kappa shape index (κ2) is 4.17. The first-order valence-electron chi connectivity index (χ1n) is 5.87. The monoisotopic (exact) mass is 252 g/mol. The molecule has 0 saturated heterocycles. The number of benzene rings is 2. The first-order chi connectivity index (χ1) is 9.18. The van der Waals surface area contributed by atoms with E-state index in [9.17, 15) is 9.90 Å². The van der Waals surface area contributed by atoms with E-state index in [0.29, 0.717) is 11.3 Å². The van der Waals surface area contributed by atoms with Gasteiger partial charge in [-0.2, -0.15) is 0 Å². The third-order valence-electron chi connectivity index (χ3n) is 3.10. The van der Waals surface area contributed by atoms with E-state index in [2.05, 4.69) is 0 Å². The molecule has 0 spiro atoms. The Morgan fingerprint density at radius 3 is 2.53 bits per heavy atom. The maximum atomic E-state index is 11.5. The van der Waals surface area contributed by atoms with Gasteiger partial charge in [0.2, 0.25) is 0 Å². The van der Waals surface area contributed by atoms with Gasteiger partial charge >= 0.3 is 0 Å². The number of hydrogen-bond donors (Lipinski definition) is 2. The first kappa shape index (κ1) is 11.3. The predicted molar refractivity (Wildman–Crippen MR) is 73.5 cm³/mol. The molecule has 0 aliphatic heterocycles. The van der Waals surface area contributed by atoms with E-state index in [1.807, 2.05) is 24.3 Å². The van der Waals surface area contributed by atoms with Crippen molar-refractivity contribution in [3.8, 4) is 11.6 Å². The third kappa shape index (κ3) is 1.74. The first-order valence-corrected chi connectivity index (χ1v) is 5.87. The van der Waals surface area contributed by atoms with E-state index in [-0.39, 0.29) is 5.88 Å². The maximum Gasteiger partial charge on any atom is 0.250 e. The lowest BCUT2D eigenvalue weighted by molar-refractivity contribution is 0.100. The average Bonchev–Trinajstić information content (AvgIpc) is 2.74. The van der Waals surface area contributed by atoms with Crippen molar-refractivity contribution in [3.63, 3.8) is 0 Å². The molecule has 3 rings (SSSR count). The summed E-state index contributed by atoms with van der Waals surface area (Å²) < 4.78 is 1.62. The van der Waals surface area contributed by atoms with Gasteiger partial charge in [-0.05, 0) is 18.2 Å². The Morgan fingerprint density at radius 1 is 1.05 bits per heavy atom. The van der Waals surface area contributed by atoms with Crippen LogP contribution < -0.4 is 5.73 Å². The molecule has 0 atom stereocenters. The number of nitrogens with zero attached hydrogens (tertiary/aromatic N) is 1. The van der Waals surface area contributed by atoms with Crippen molar-refractivity contribution in [1.82, 2.24) is 4.57 Å². The number of hydrogen-bond acceptors (Lipinski definition) is 2. The van der Waals surface area contributed by atoms with Crippen LogP contribution in [-0.2, 0) is 0 Å². The summed E-state index contributed by atoms with van der Waals surface area (Å²) in [6.07, 6.45) is 0. The lowest BCUT2D eigenvalue weighted by atomic mass is 10.1. The Morgan fingerprint density at radius 2 is 1.74 bits per heavy atom. The second-order valence-electron chi connectivity index (χ2n) is 4.28. The fraction of sp³-hybridized carbons (Fsp3) is 0. The molecule has 2 aromatic carbocycles. The van der Waals surface area contributed by atoms with Crippen LogP contribution in [0.25, 0.3) is 16.6 Å². The van der Waals surface area contributed by atoms with Gasteiger partial charge in [-0.1, -0.05) is 30.3 Å². The molecule has 4 nitrogen and oxygen atoms in total. The molecule has 94 valence electrons. The van der Waals surface area contributed by atoms with Crippen LogP contribution in [0.15, 0.2) is 54.6 Å². The van der Waals surface area contributed by atoms with Crippen LogP contribution in [0.2, 0.25) is 0 Å². The molecule has 1 amide bonds. The number of carbonyl (C=O) groups is 1. The molecule has 19 heavy (non-hydrogen) atoms. The van der Waals surface area contributed by atoms with Crippen molar-refractivity contribution in [2.24, 2.45) is 5.73 Å². The number of nitrogens with two attached hydrogens (primary N) is 1. The van der Waals surface area contributed by atoms with Crippen LogP contribution in [-0.4, -0.2) is 15.6 Å². The van der Waals surface area contributed by atoms with Gasteiger partial charge < -0.3 is 10.8 Å². The fourth-order valence-electron chi connectivity index (χ4n) is 2.27. The van der Waals surface area contributed by atoms with Crippen molar-refractivity contribution >= 4 is 16.8 Å². The van der Waals surface area contributed by atoms with Gasteiger partial charge in [0.25, 0.3) is 5.91 Å². The standard InChI is InChI=1S/C15H12N2O2/c16-15(19)11-6-2-4-8-13(11)17-12-7-3-1-5-10(12)9-14(17)18/h1-9,18H,(H2,16,19). The normalized spacial score (nSPS) is 10.7. The molecule has 3 N–H and O–H groups in total. The third-order valence-corrected chi connectivity index (χ3v) is 3.10. The highest BCUT2D eigenvalue weighted by atomic mass is 16.3. The van der Waals surface area contributed by atoms with Gasteiger partial charge in [-0.15, -0.1) is 0 Å². The minimum absolute atomic E-state index is 0.0786. The minimum atomic E-state index is -0.521. The average molecular weight is 252 g/mol. The number of amides is 1. The minimum Gasteiger partial charge on any atom is -0.494 e. The maximum absolute atomic E-state index is 11.5. The molecular formula is C15H12N2O2. The number of rotatable bonds is 2. The topological polar surface area (TPSA) is 68.2 Å². The quantitative estimate of drug-likeness (QED) is 0.735. The predicted octanol–water partition coefficient (Wildman–Crippen LogP) is 2.44. The zero-order valence-corrected chi connectivity index (χ0v) is 10.1. The highest BCUT2D eigenvalue weighted by Gasteiger charge is 2.14. The van der Waals surface area contributed by atoms with Crippen molar-refractivity contribution in [2.45, 2.75) is 0 Å². The van der Waals surface area contributed by atoms with E-state index in [4.69, 9.17) is 5.73 Å². The number of aromatic hydroxyl groups is 1. The molecule has 3 aromatic rings. The van der Waals surface area contributed by atoms with Crippen molar-refractivity contribution in [3.05, 3.63) is 60.2 Å². The van der Waals surface area contributed by atoms with E-state index < -0.39 is 5.91 Å². The lowest BCUT2D eigenvalue weighted by Gasteiger charge is -2.10. The van der Waals surface area contributed by atoms with Crippen molar-refractivity contribution < 1.29 is 9.90 Å². The highest BCUT2D eigenvalue weighted by Crippen LogP contribution is 2.29. The lowest BCUT2D eigenvalue weighted by Crippen LogP contribution is -2.14. The Kier molecular flexibility index (Phi) is 2.49. The summed E-state index contributed by atoms with van der Waals surface area (Å²) in [4.78, 5) is 11.5. The number of fused-ring (bicyclic) bond motifs is 1. The number of para-hydroxylation sites is 2. The van der Waals surface area contributed by atoms with E-state index in [0.717, 1.165) is 10.9 Å². The summed E-state index contributed by atoms with van der Waals surface area (Å²) in [5.74, 6) is -0.442. The van der Waals surface area contributed by atoms with Crippen molar-refractivity contribution in [2.75, 3.05) is 0 Å². The summed E-state index contributed by atoms with van der Waals surface area (Å²) in [6.45, 7) is 0. The largest absolute Gasteiger partial charge is 0.494 e. The second-order valence-corrected chi connectivity index (χ2v) is 4.28. The van der Waals surface area contributed by atoms with E-state index >= 15 is 0 Å². The Bertz CT molecular complexity index is 775. The van der Waals surface area contributed by atoms with E-state index in [1.54, 1.807) is 34.9 Å². The van der Waals surface area contributed by atoms with Crippen LogP contribution in [0, 0.1) is 0 Å². The van der Waals surface area contributed by atoms with Crippen LogP contribution in [0.3, 0.4) is 0 Å². The van der Waals surface area contributed by atoms with Gasteiger partial charge in [0, 0.05) is 11.5 Å². The zero-order valence-electron chi connectivity index (χ0n) is 10.1. The van der Waals surface area contributed by atoms with Gasteiger partial charge in [-0.25, -0.2) is 0 Å². The molecule has 0 radical (unpaired) electrons. The molecule has 1 aromatic heterocycles. The smallest absolute Gasteiger partial charge is 0.250 e. The van der Waals surface area contributed by atoms with Crippen LogP contribution in [0.5, 0.6) is 5.88 Å². The summed E-state index contributed by atoms with van der Waals surface area (Å²) >= 11 is 0. The number of primary amides is 1. The molecule has 0 aliphatic carbocycles. The van der Waals surface area contributed by atoms with Crippen molar-refractivity contribution in [1.29, 1.82) is 0 Å². The summed E-state index contributed by atoms with van der Waals surface area (Å²) in [5, 5.41) is 11.0. The summed E-state index contributed by atoms with van der Waals surface area (Å²) in [7, 11) is 0. The molecule has 1 heterocycles. The molecule has 0 unspecified atom stereocenters. The molecule has 0 fully saturated rings. The van der Waals surface area contributed by atoms with Crippen LogP contribution in [0.1, 0.15) is 10.4 Å². The Hall–Kier alpha value is -2.75. The van der Waals surface area contributed by atoms with Crippen LogP contribution >= 0.6 is 0 Å². The molecule has 0 aliphatic rings. The number of aromatic nitrogens is 1. The van der Waals surface area contributed by atoms with E-state index in [1.165, 1.54) is 0 Å². The molecule has 4 heteroatoms. The number of carbonyl (C=O) groups excluding carboxylic acids is 1. The summed E-state index contributed by atoms with van der Waals surface area (Å²) in [5.41, 5.74) is 7.16. The highest BCUT2D eigenvalue weighted by molar-refractivity contribution is 5.98. The molecular weight excluding hydrogens is 240 g/mol. The Labute approximate surface area is 109 Å². The Balaban J connectivity index is 2.37. The zero-order chi connectivity index (χ0) is 13.4. The fourth-order valence-corrected chi connectivity index (χ4v) is 2.27. The van der Waals surface area contributed by atoms with Gasteiger partial charge in [0.05, 0.1) is 16.8 Å². The SMILES string of the molecule is NC(=O)c1ccccc1-n1c(O)cc2ccccc21.